The van der Waals surface area contributed by atoms with Gasteiger partial charge in [-0.15, -0.1) is 0 Å². The van der Waals surface area contributed by atoms with Gasteiger partial charge in [0, 0.05) is 5.56 Å². The van der Waals surface area contributed by atoms with Gasteiger partial charge in [0.15, 0.2) is 0 Å². The van der Waals surface area contributed by atoms with Gasteiger partial charge in [-0.2, -0.15) is 11.3 Å². The molecule has 0 saturated heterocycles. The minimum Gasteiger partial charge on any atom is -0.391 e. The Hall–Kier alpha value is -0.380. The van der Waals surface area contributed by atoms with Crippen LogP contribution in [0.1, 0.15) is 5.56 Å². The molecule has 0 saturated carbocycles. The third-order valence-corrected chi connectivity index (χ3v) is 2.03. The maximum Gasteiger partial charge on any atom is 0.102 e. The number of quaternary nitrogens is 1. The molecule has 0 aromatic carbocycles. The smallest absolute Gasteiger partial charge is 0.102 e. The zero-order valence-electron chi connectivity index (χ0n) is 5.79. The van der Waals surface area contributed by atoms with E-state index in [1.807, 2.05) is 0 Å². The number of hydrogen-bond acceptors (Lipinski definition) is 2. The molecule has 3 heteroatoms. The van der Waals surface area contributed by atoms with Crippen LogP contribution in [0.2, 0.25) is 0 Å². The van der Waals surface area contributed by atoms with Gasteiger partial charge in [0.2, 0.25) is 0 Å². The molecule has 0 bridgehead atoms. The Morgan fingerprint density at radius 2 is 2.50 bits per heavy atom. The highest BCUT2D eigenvalue weighted by atomic mass is 32.1. The molecule has 10 heavy (non-hydrogen) atoms. The fourth-order valence-corrected chi connectivity index (χ4v) is 1.45. The Labute approximate surface area is 64.5 Å². The van der Waals surface area contributed by atoms with Crippen LogP contribution in [0.4, 0.5) is 0 Å². The van der Waals surface area contributed by atoms with Gasteiger partial charge in [0.25, 0.3) is 0 Å². The van der Waals surface area contributed by atoms with Gasteiger partial charge >= 0.3 is 0 Å². The zero-order chi connectivity index (χ0) is 7.23. The second kappa shape index (κ2) is 4.44. The summed E-state index contributed by atoms with van der Waals surface area (Å²) in [4.78, 5) is 0. The van der Waals surface area contributed by atoms with E-state index in [4.69, 9.17) is 5.11 Å². The molecule has 3 N–H and O–H groups in total. The number of hydrogen-bond donors (Lipinski definition) is 2. The Kier molecular flexibility index (Phi) is 3.43. The van der Waals surface area contributed by atoms with E-state index in [1.165, 1.54) is 5.56 Å². The lowest BCUT2D eigenvalue weighted by Gasteiger charge is -1.94. The standard InChI is InChI=1S/C7H11NOS/c9-3-2-8-5-7-1-4-10-6-7/h1,4,6,8-9H,2-3,5H2/p+1. The third-order valence-electron chi connectivity index (χ3n) is 1.29. The highest BCUT2D eigenvalue weighted by Crippen LogP contribution is 2.02. The summed E-state index contributed by atoms with van der Waals surface area (Å²) in [5, 5.41) is 14.8. The number of aliphatic hydroxyl groups is 1. The average Bonchev–Trinajstić information content (AvgIpc) is 2.41. The summed E-state index contributed by atoms with van der Waals surface area (Å²) in [6, 6.07) is 2.11. The lowest BCUT2D eigenvalue weighted by atomic mass is 10.3. The third kappa shape index (κ3) is 2.47. The SMILES string of the molecule is OCC[NH2+]Cc1ccsc1. The summed E-state index contributed by atoms with van der Waals surface area (Å²) in [6.45, 7) is 2.06. The molecule has 0 spiro atoms. The van der Waals surface area contributed by atoms with E-state index >= 15 is 0 Å². The number of aliphatic hydroxyl groups excluding tert-OH is 1. The van der Waals surface area contributed by atoms with Crippen molar-refractivity contribution < 1.29 is 10.4 Å². The van der Waals surface area contributed by atoms with E-state index in [0.717, 1.165) is 13.1 Å². The van der Waals surface area contributed by atoms with Crippen LogP contribution in [0.15, 0.2) is 16.8 Å². The largest absolute Gasteiger partial charge is 0.391 e. The van der Waals surface area contributed by atoms with Crippen molar-refractivity contribution in [1.82, 2.24) is 0 Å². The van der Waals surface area contributed by atoms with E-state index < -0.39 is 0 Å². The topological polar surface area (TPSA) is 36.8 Å². The van der Waals surface area contributed by atoms with Gasteiger partial charge in [-0.1, -0.05) is 0 Å². The summed E-state index contributed by atoms with van der Waals surface area (Å²) < 4.78 is 0. The Balaban J connectivity index is 2.15. The van der Waals surface area contributed by atoms with Crippen molar-refractivity contribution in [3.8, 4) is 0 Å². The summed E-state index contributed by atoms with van der Waals surface area (Å²) in [5.41, 5.74) is 1.35. The van der Waals surface area contributed by atoms with E-state index in [2.05, 4.69) is 22.1 Å². The first-order valence-corrected chi connectivity index (χ1v) is 4.31. The van der Waals surface area contributed by atoms with Crippen LogP contribution >= 0.6 is 11.3 Å². The Morgan fingerprint density at radius 1 is 1.60 bits per heavy atom. The molecule has 0 aliphatic rings. The van der Waals surface area contributed by atoms with Gasteiger partial charge in [0.1, 0.15) is 6.54 Å². The summed E-state index contributed by atoms with van der Waals surface area (Å²) >= 11 is 1.72. The lowest BCUT2D eigenvalue weighted by molar-refractivity contribution is -0.671. The van der Waals surface area contributed by atoms with Gasteiger partial charge in [-0.05, 0) is 16.8 Å². The number of thiophene rings is 1. The quantitative estimate of drug-likeness (QED) is 0.585. The summed E-state index contributed by atoms with van der Waals surface area (Å²) in [7, 11) is 0. The molecule has 1 rings (SSSR count). The van der Waals surface area contributed by atoms with Crippen LogP contribution in [0.5, 0.6) is 0 Å². The molecular weight excluding hydrogens is 146 g/mol. The first kappa shape index (κ1) is 7.72. The van der Waals surface area contributed by atoms with Crippen LogP contribution < -0.4 is 5.32 Å². The van der Waals surface area contributed by atoms with Gasteiger partial charge in [-0.3, -0.25) is 0 Å². The molecule has 0 radical (unpaired) electrons. The van der Waals surface area contributed by atoms with Gasteiger partial charge in [0.05, 0.1) is 13.2 Å². The molecule has 1 heterocycles. The average molecular weight is 158 g/mol. The normalized spacial score (nSPS) is 10.1. The van der Waals surface area contributed by atoms with Crippen molar-refractivity contribution >= 4 is 11.3 Å². The van der Waals surface area contributed by atoms with Crippen molar-refractivity contribution in [2.75, 3.05) is 13.2 Å². The molecule has 2 nitrogen and oxygen atoms in total. The number of nitrogens with two attached hydrogens (primary N) is 1. The minimum atomic E-state index is 0.268. The van der Waals surface area contributed by atoms with Crippen LogP contribution in [0.25, 0.3) is 0 Å². The predicted molar refractivity (Wildman–Crippen MR) is 41.9 cm³/mol. The second-order valence-electron chi connectivity index (χ2n) is 2.14. The molecule has 0 atom stereocenters. The summed E-state index contributed by atoms with van der Waals surface area (Å²) in [6.07, 6.45) is 0. The maximum atomic E-state index is 8.47. The highest BCUT2D eigenvalue weighted by molar-refractivity contribution is 7.07. The fourth-order valence-electron chi connectivity index (χ4n) is 0.769. The fraction of sp³-hybridized carbons (Fsp3) is 0.429. The van der Waals surface area contributed by atoms with Crippen molar-refractivity contribution in [2.45, 2.75) is 6.54 Å². The van der Waals surface area contributed by atoms with Gasteiger partial charge in [-0.25, -0.2) is 0 Å². The van der Waals surface area contributed by atoms with Crippen LogP contribution in [-0.4, -0.2) is 18.3 Å². The minimum absolute atomic E-state index is 0.268. The van der Waals surface area contributed by atoms with Crippen molar-refractivity contribution in [3.63, 3.8) is 0 Å². The molecule has 56 valence electrons. The molecule has 0 fully saturated rings. The van der Waals surface area contributed by atoms with E-state index in [0.29, 0.717) is 0 Å². The first-order chi connectivity index (χ1) is 4.93. The molecule has 1 aromatic heterocycles. The van der Waals surface area contributed by atoms with E-state index in [9.17, 15) is 0 Å². The van der Waals surface area contributed by atoms with Crippen molar-refractivity contribution in [2.24, 2.45) is 0 Å². The second-order valence-corrected chi connectivity index (χ2v) is 2.92. The van der Waals surface area contributed by atoms with Crippen molar-refractivity contribution in [3.05, 3.63) is 22.4 Å². The Morgan fingerprint density at radius 3 is 3.10 bits per heavy atom. The molecule has 0 amide bonds. The van der Waals surface area contributed by atoms with E-state index in [-0.39, 0.29) is 6.61 Å². The maximum absolute atomic E-state index is 8.47. The monoisotopic (exact) mass is 158 g/mol. The predicted octanol–water partition coefficient (Wildman–Crippen LogP) is -0.196. The van der Waals surface area contributed by atoms with Crippen LogP contribution in [0, 0.1) is 0 Å². The highest BCUT2D eigenvalue weighted by Gasteiger charge is 1.92. The molecule has 0 unspecified atom stereocenters. The molecule has 0 aliphatic heterocycles. The lowest BCUT2D eigenvalue weighted by Crippen LogP contribution is -2.83. The van der Waals surface area contributed by atoms with Gasteiger partial charge < -0.3 is 10.4 Å². The molecule has 0 aliphatic carbocycles. The zero-order valence-corrected chi connectivity index (χ0v) is 6.60. The van der Waals surface area contributed by atoms with E-state index in [1.54, 1.807) is 11.3 Å². The summed E-state index contributed by atoms with van der Waals surface area (Å²) in [5.74, 6) is 0. The first-order valence-electron chi connectivity index (χ1n) is 3.37. The molecular formula is C7H12NOS+. The molecule has 1 aromatic rings. The van der Waals surface area contributed by atoms with Crippen molar-refractivity contribution in [1.29, 1.82) is 0 Å². The Bertz CT molecular complexity index is 162. The van der Waals surface area contributed by atoms with Crippen LogP contribution in [-0.2, 0) is 6.54 Å². The van der Waals surface area contributed by atoms with Crippen LogP contribution in [0.3, 0.4) is 0 Å². The number of rotatable bonds is 4.